The first-order valence-corrected chi connectivity index (χ1v) is 7.09. The van der Waals surface area contributed by atoms with E-state index < -0.39 is 5.54 Å². The summed E-state index contributed by atoms with van der Waals surface area (Å²) < 4.78 is 5.50. The van der Waals surface area contributed by atoms with Crippen LogP contribution in [-0.4, -0.2) is 28.1 Å². The Labute approximate surface area is 123 Å². The number of aliphatic hydroxyl groups is 1. The summed E-state index contributed by atoms with van der Waals surface area (Å²) in [6.07, 6.45) is 4.24. The van der Waals surface area contributed by atoms with Gasteiger partial charge >= 0.3 is 0 Å². The summed E-state index contributed by atoms with van der Waals surface area (Å²) in [6, 6.07) is 7.42. The topological polar surface area (TPSA) is 75.4 Å². The molecule has 2 aromatic rings. The van der Waals surface area contributed by atoms with Crippen LogP contribution in [-0.2, 0) is 4.79 Å². The number of rotatable bonds is 6. The number of amides is 1. The molecule has 0 fully saturated rings. The molecule has 21 heavy (non-hydrogen) atoms. The second-order valence-electron chi connectivity index (χ2n) is 4.99. The van der Waals surface area contributed by atoms with Gasteiger partial charge in [-0.15, -0.1) is 0 Å². The van der Waals surface area contributed by atoms with Crippen LogP contribution in [0.15, 0.2) is 34.8 Å². The predicted octanol–water partition coefficient (Wildman–Crippen LogP) is 2.51. The lowest BCUT2D eigenvalue weighted by molar-refractivity contribution is -0.119. The molecule has 0 saturated carbocycles. The molecule has 1 heterocycles. The quantitative estimate of drug-likeness (QED) is 0.801. The molecule has 2 rings (SSSR count). The van der Waals surface area contributed by atoms with Gasteiger partial charge in [-0.05, 0) is 25.0 Å². The number of para-hydroxylation sites is 2. The summed E-state index contributed by atoms with van der Waals surface area (Å²) in [5.74, 6) is 0.115. The van der Waals surface area contributed by atoms with Crippen LogP contribution in [0.25, 0.3) is 17.2 Å². The van der Waals surface area contributed by atoms with Crippen LogP contribution in [0.2, 0.25) is 0 Å². The molecule has 0 aliphatic rings. The van der Waals surface area contributed by atoms with Gasteiger partial charge in [0.25, 0.3) is 0 Å². The monoisotopic (exact) mass is 288 g/mol. The number of carbonyl (C=O) groups is 1. The number of fused-ring (bicyclic) bond motifs is 1. The second kappa shape index (κ2) is 6.54. The van der Waals surface area contributed by atoms with Gasteiger partial charge in [-0.2, -0.15) is 0 Å². The van der Waals surface area contributed by atoms with Gasteiger partial charge in [0.2, 0.25) is 11.8 Å². The SMILES string of the molecule is CCC(CC)(CO)NC(=O)C=Cc1nc2ccccc2o1. The fraction of sp³-hybridized carbons (Fsp3) is 0.375. The van der Waals surface area contributed by atoms with Crippen LogP contribution in [0.1, 0.15) is 32.6 Å². The number of carbonyl (C=O) groups excluding carboxylic acids is 1. The minimum atomic E-state index is -0.567. The van der Waals surface area contributed by atoms with Gasteiger partial charge in [-0.25, -0.2) is 4.98 Å². The fourth-order valence-electron chi connectivity index (χ4n) is 2.10. The summed E-state index contributed by atoms with van der Waals surface area (Å²) in [5, 5.41) is 12.3. The highest BCUT2D eigenvalue weighted by Gasteiger charge is 2.26. The average molecular weight is 288 g/mol. The van der Waals surface area contributed by atoms with E-state index in [1.165, 1.54) is 12.2 Å². The summed E-state index contributed by atoms with van der Waals surface area (Å²) >= 11 is 0. The number of nitrogens with zero attached hydrogens (tertiary/aromatic N) is 1. The van der Waals surface area contributed by atoms with E-state index in [0.717, 1.165) is 5.52 Å². The van der Waals surface area contributed by atoms with Crippen molar-refractivity contribution in [2.75, 3.05) is 6.61 Å². The third-order valence-electron chi connectivity index (χ3n) is 3.73. The summed E-state index contributed by atoms with van der Waals surface area (Å²) in [6.45, 7) is 3.79. The lowest BCUT2D eigenvalue weighted by Crippen LogP contribution is -2.49. The summed E-state index contributed by atoms with van der Waals surface area (Å²) in [4.78, 5) is 16.2. The molecule has 0 aliphatic heterocycles. The molecule has 0 unspecified atom stereocenters. The van der Waals surface area contributed by atoms with Crippen LogP contribution in [0, 0.1) is 0 Å². The molecule has 1 aromatic carbocycles. The Morgan fingerprint density at radius 2 is 2.10 bits per heavy atom. The van der Waals surface area contributed by atoms with E-state index in [4.69, 9.17) is 4.42 Å². The number of benzene rings is 1. The smallest absolute Gasteiger partial charge is 0.244 e. The van der Waals surface area contributed by atoms with Crippen molar-refractivity contribution in [1.82, 2.24) is 10.3 Å². The van der Waals surface area contributed by atoms with E-state index in [9.17, 15) is 9.90 Å². The summed E-state index contributed by atoms with van der Waals surface area (Å²) in [5.41, 5.74) is 0.872. The Bertz CT molecular complexity index is 600. The number of aromatic nitrogens is 1. The van der Waals surface area contributed by atoms with Crippen LogP contribution < -0.4 is 5.32 Å². The third-order valence-corrected chi connectivity index (χ3v) is 3.73. The van der Waals surface area contributed by atoms with Crippen molar-refractivity contribution in [2.45, 2.75) is 32.2 Å². The van der Waals surface area contributed by atoms with Crippen molar-refractivity contribution in [1.29, 1.82) is 0 Å². The third kappa shape index (κ3) is 3.49. The van der Waals surface area contributed by atoms with Crippen molar-refractivity contribution >= 4 is 23.1 Å². The fourth-order valence-corrected chi connectivity index (χ4v) is 2.10. The number of nitrogens with one attached hydrogen (secondary N) is 1. The molecule has 112 valence electrons. The van der Waals surface area contributed by atoms with Crippen molar-refractivity contribution < 1.29 is 14.3 Å². The van der Waals surface area contributed by atoms with Crippen molar-refractivity contribution in [3.05, 3.63) is 36.2 Å². The van der Waals surface area contributed by atoms with Crippen molar-refractivity contribution in [3.8, 4) is 0 Å². The van der Waals surface area contributed by atoms with E-state index in [0.29, 0.717) is 24.3 Å². The molecule has 0 aliphatic carbocycles. The Hall–Kier alpha value is -2.14. The Kier molecular flexibility index (Phi) is 4.75. The Morgan fingerprint density at radius 3 is 2.71 bits per heavy atom. The first-order valence-electron chi connectivity index (χ1n) is 7.09. The maximum atomic E-state index is 11.9. The zero-order chi connectivity index (χ0) is 15.3. The molecule has 0 spiro atoms. The van der Waals surface area contributed by atoms with Gasteiger partial charge in [0.15, 0.2) is 5.58 Å². The molecule has 5 heteroatoms. The molecule has 0 saturated heterocycles. The minimum absolute atomic E-state index is 0.0809. The van der Waals surface area contributed by atoms with E-state index >= 15 is 0 Å². The minimum Gasteiger partial charge on any atom is -0.437 e. The van der Waals surface area contributed by atoms with E-state index in [-0.39, 0.29) is 12.5 Å². The summed E-state index contributed by atoms with van der Waals surface area (Å²) in [7, 11) is 0. The van der Waals surface area contributed by atoms with Gasteiger partial charge in [0, 0.05) is 12.2 Å². The highest BCUT2D eigenvalue weighted by atomic mass is 16.3. The average Bonchev–Trinajstić information content (AvgIpc) is 2.94. The molecular weight excluding hydrogens is 268 g/mol. The van der Waals surface area contributed by atoms with Gasteiger partial charge in [-0.1, -0.05) is 26.0 Å². The maximum absolute atomic E-state index is 11.9. The molecule has 2 N–H and O–H groups in total. The largest absolute Gasteiger partial charge is 0.437 e. The number of aliphatic hydroxyl groups excluding tert-OH is 1. The van der Waals surface area contributed by atoms with Crippen molar-refractivity contribution in [2.24, 2.45) is 0 Å². The standard InChI is InChI=1S/C16H20N2O3/c1-3-16(4-2,11-19)18-14(20)9-10-15-17-12-7-5-6-8-13(12)21-15/h5-10,19H,3-4,11H2,1-2H3,(H,18,20). The molecule has 0 bridgehead atoms. The van der Waals surface area contributed by atoms with Crippen LogP contribution >= 0.6 is 0 Å². The van der Waals surface area contributed by atoms with E-state index in [2.05, 4.69) is 10.3 Å². The first-order chi connectivity index (χ1) is 10.1. The predicted molar refractivity (Wildman–Crippen MR) is 81.6 cm³/mol. The zero-order valence-electron chi connectivity index (χ0n) is 12.3. The number of oxazole rings is 1. The highest BCUT2D eigenvalue weighted by molar-refractivity contribution is 5.92. The molecule has 1 amide bonds. The Morgan fingerprint density at radius 1 is 1.38 bits per heavy atom. The second-order valence-corrected chi connectivity index (χ2v) is 4.99. The van der Waals surface area contributed by atoms with Crippen LogP contribution in [0.3, 0.4) is 0 Å². The van der Waals surface area contributed by atoms with E-state index in [1.807, 2.05) is 38.1 Å². The maximum Gasteiger partial charge on any atom is 0.244 e. The van der Waals surface area contributed by atoms with Crippen molar-refractivity contribution in [3.63, 3.8) is 0 Å². The number of hydrogen-bond acceptors (Lipinski definition) is 4. The van der Waals surface area contributed by atoms with E-state index in [1.54, 1.807) is 0 Å². The lowest BCUT2D eigenvalue weighted by Gasteiger charge is -2.30. The lowest BCUT2D eigenvalue weighted by atomic mass is 9.94. The Balaban J connectivity index is 2.08. The molecule has 0 atom stereocenters. The zero-order valence-corrected chi connectivity index (χ0v) is 12.3. The molecule has 5 nitrogen and oxygen atoms in total. The van der Waals surface area contributed by atoms with Gasteiger partial charge < -0.3 is 14.8 Å². The van der Waals surface area contributed by atoms with Gasteiger partial charge in [0.05, 0.1) is 12.1 Å². The first kappa shape index (κ1) is 15.3. The van der Waals surface area contributed by atoms with Crippen LogP contribution in [0.5, 0.6) is 0 Å². The number of hydrogen-bond donors (Lipinski definition) is 2. The highest BCUT2D eigenvalue weighted by Crippen LogP contribution is 2.16. The van der Waals surface area contributed by atoms with Gasteiger partial charge in [0.1, 0.15) is 5.52 Å². The van der Waals surface area contributed by atoms with Crippen LogP contribution in [0.4, 0.5) is 0 Å². The molecular formula is C16H20N2O3. The van der Waals surface area contributed by atoms with Gasteiger partial charge in [-0.3, -0.25) is 4.79 Å². The molecule has 1 aromatic heterocycles. The normalized spacial score (nSPS) is 12.1. The molecule has 0 radical (unpaired) electrons.